The molecule has 0 radical (unpaired) electrons. The molecule has 0 rings (SSSR count). The Bertz CT molecular complexity index is 1220. The highest BCUT2D eigenvalue weighted by Crippen LogP contribution is 2.15. The number of amides is 3. The van der Waals surface area contributed by atoms with Crippen molar-refractivity contribution in [3.8, 4) is 0 Å². The van der Waals surface area contributed by atoms with E-state index in [9.17, 15) is 38.7 Å². The van der Waals surface area contributed by atoms with Gasteiger partial charge in [-0.3, -0.25) is 28.8 Å². The van der Waals surface area contributed by atoms with Crippen LogP contribution in [0.5, 0.6) is 0 Å². The lowest BCUT2D eigenvalue weighted by Gasteiger charge is -2.14. The maximum Gasteiger partial charge on any atom is 0.326 e. The number of unbranched alkanes of at least 4 members (excludes halogenated alkanes) is 16. The van der Waals surface area contributed by atoms with Crippen molar-refractivity contribution in [3.05, 3.63) is 0 Å². The first kappa shape index (κ1) is 59.5. The second kappa shape index (κ2) is 43.8. The van der Waals surface area contributed by atoms with Crippen LogP contribution in [0.2, 0.25) is 0 Å². The van der Waals surface area contributed by atoms with Gasteiger partial charge in [0.2, 0.25) is 17.7 Å². The quantitative estimate of drug-likeness (QED) is 0.0393. The molecule has 0 aliphatic rings. The minimum absolute atomic E-state index is 0.0414. The zero-order valence-electron chi connectivity index (χ0n) is 39.0. The summed E-state index contributed by atoms with van der Waals surface area (Å²) in [6, 6.07) is -1.10. The third-order valence-electron chi connectivity index (χ3n) is 10.8. The van der Waals surface area contributed by atoms with Gasteiger partial charge in [-0.15, -0.1) is 0 Å². The van der Waals surface area contributed by atoms with Crippen LogP contribution < -0.4 is 16.0 Å². The van der Waals surface area contributed by atoms with E-state index in [0.29, 0.717) is 32.5 Å². The van der Waals surface area contributed by atoms with E-state index in [4.69, 9.17) is 24.1 Å². The number of Topliss-reactive ketones (excluding diaryl/α,β-unsaturated/α-hetero) is 2. The maximum absolute atomic E-state index is 12.4. The highest BCUT2D eigenvalue weighted by atomic mass is 16.5. The molecule has 3 amide bonds. The summed E-state index contributed by atoms with van der Waals surface area (Å²) in [6.45, 7) is 5.84. The molecule has 0 aromatic rings. The molecular formula is C47H85N3O13. The zero-order valence-corrected chi connectivity index (χ0v) is 39.0. The van der Waals surface area contributed by atoms with E-state index in [2.05, 4.69) is 16.0 Å². The van der Waals surface area contributed by atoms with E-state index >= 15 is 0 Å². The van der Waals surface area contributed by atoms with Crippen LogP contribution in [-0.4, -0.2) is 123 Å². The number of nitrogens with one attached hydrogen (secondary N) is 3. The molecule has 0 fully saturated rings. The first-order valence-corrected chi connectivity index (χ1v) is 24.1. The molecule has 2 atom stereocenters. The normalized spacial score (nSPS) is 12.1. The second-order valence-corrected chi connectivity index (χ2v) is 16.4. The Morgan fingerprint density at radius 3 is 1.43 bits per heavy atom. The number of hydrogen-bond acceptors (Lipinski definition) is 11. The average molecular weight is 900 g/mol. The minimum Gasteiger partial charge on any atom is -0.481 e. The largest absolute Gasteiger partial charge is 0.481 e. The van der Waals surface area contributed by atoms with Crippen LogP contribution in [0.1, 0.15) is 181 Å². The standard InChI is InChI=1S/C47H85N3O13/c1-3-40(39(2)51)23-20-21-29-48-44(54)37-63-36-34-61-32-30-49-45(55)38-62-35-33-60-31-22-24-41(52)27-28-42(47(58)59)50-43(53)25-18-16-14-12-10-8-6-4-5-7-9-11-13-15-17-19-26-46(56)57/h40,42H,3-38H2,1-2H3,(H,48,54)(H,49,55)(H,50,53)(H,56,57)(H,58,59)/t40-,42?/m0/s1. The Hall–Kier alpha value is -3.47. The summed E-state index contributed by atoms with van der Waals surface area (Å²) in [5.41, 5.74) is 0. The summed E-state index contributed by atoms with van der Waals surface area (Å²) >= 11 is 0. The number of hydrogen-bond donors (Lipinski definition) is 5. The Morgan fingerprint density at radius 1 is 0.460 bits per heavy atom. The smallest absolute Gasteiger partial charge is 0.326 e. The Morgan fingerprint density at radius 2 is 0.937 bits per heavy atom. The summed E-state index contributed by atoms with van der Waals surface area (Å²) < 4.78 is 21.5. The second-order valence-electron chi connectivity index (χ2n) is 16.4. The van der Waals surface area contributed by atoms with Gasteiger partial charge in [-0.05, 0) is 51.9 Å². The fourth-order valence-corrected chi connectivity index (χ4v) is 6.93. The molecule has 0 aliphatic carbocycles. The van der Waals surface area contributed by atoms with Crippen molar-refractivity contribution in [3.63, 3.8) is 0 Å². The van der Waals surface area contributed by atoms with Gasteiger partial charge in [0, 0.05) is 51.3 Å². The van der Waals surface area contributed by atoms with Crippen molar-refractivity contribution in [1.29, 1.82) is 0 Å². The SMILES string of the molecule is CC[C@@H](CCCCNC(=O)COCCOCCNC(=O)COCCOCCCC(=O)CCC(NC(=O)CCCCCCCCCCCCCCCCCCC(=O)O)C(=O)O)C(C)=O. The molecule has 16 heteroatoms. The number of ketones is 2. The lowest BCUT2D eigenvalue weighted by molar-refractivity contribution is -0.142. The van der Waals surface area contributed by atoms with Crippen molar-refractivity contribution >= 4 is 41.2 Å². The lowest BCUT2D eigenvalue weighted by atomic mass is 9.95. The monoisotopic (exact) mass is 900 g/mol. The molecule has 63 heavy (non-hydrogen) atoms. The molecule has 5 N–H and O–H groups in total. The summed E-state index contributed by atoms with van der Waals surface area (Å²) in [6.07, 6.45) is 22.7. The number of carboxylic acid groups (broad SMARTS) is 2. The molecule has 366 valence electrons. The third-order valence-corrected chi connectivity index (χ3v) is 10.8. The molecule has 0 saturated carbocycles. The van der Waals surface area contributed by atoms with Crippen molar-refractivity contribution in [2.45, 2.75) is 187 Å². The van der Waals surface area contributed by atoms with Gasteiger partial charge in [0.1, 0.15) is 30.8 Å². The summed E-state index contributed by atoms with van der Waals surface area (Å²) in [5, 5.41) is 26.3. The Kier molecular flexibility index (Phi) is 41.4. The van der Waals surface area contributed by atoms with Gasteiger partial charge < -0.3 is 45.1 Å². The van der Waals surface area contributed by atoms with E-state index in [0.717, 1.165) is 64.2 Å². The van der Waals surface area contributed by atoms with Crippen molar-refractivity contribution in [1.82, 2.24) is 16.0 Å². The fourth-order valence-electron chi connectivity index (χ4n) is 6.93. The summed E-state index contributed by atoms with van der Waals surface area (Å²) in [7, 11) is 0. The number of rotatable bonds is 48. The highest BCUT2D eigenvalue weighted by molar-refractivity contribution is 5.84. The first-order valence-electron chi connectivity index (χ1n) is 24.1. The van der Waals surface area contributed by atoms with Gasteiger partial charge in [-0.1, -0.05) is 103 Å². The van der Waals surface area contributed by atoms with Crippen LogP contribution in [0.15, 0.2) is 0 Å². The van der Waals surface area contributed by atoms with Crippen molar-refractivity contribution in [2.24, 2.45) is 5.92 Å². The first-order chi connectivity index (χ1) is 30.5. The van der Waals surface area contributed by atoms with E-state index in [1.165, 1.54) is 57.8 Å². The van der Waals surface area contributed by atoms with Gasteiger partial charge in [0.25, 0.3) is 0 Å². The lowest BCUT2D eigenvalue weighted by Crippen LogP contribution is -2.41. The fraction of sp³-hybridized carbons (Fsp3) is 0.851. The van der Waals surface area contributed by atoms with E-state index in [-0.39, 0.29) is 114 Å². The number of carbonyl (C=O) groups is 7. The predicted octanol–water partition coefficient (Wildman–Crippen LogP) is 6.88. The van der Waals surface area contributed by atoms with Crippen LogP contribution in [0.4, 0.5) is 0 Å². The van der Waals surface area contributed by atoms with Crippen LogP contribution in [0.25, 0.3) is 0 Å². The summed E-state index contributed by atoms with van der Waals surface area (Å²) in [4.78, 5) is 82.1. The number of carboxylic acids is 2. The van der Waals surface area contributed by atoms with Crippen LogP contribution in [0.3, 0.4) is 0 Å². The zero-order chi connectivity index (χ0) is 46.6. The Balaban J connectivity index is 3.64. The molecule has 0 aromatic carbocycles. The molecule has 0 saturated heterocycles. The maximum atomic E-state index is 12.4. The molecular weight excluding hydrogens is 815 g/mol. The van der Waals surface area contributed by atoms with Gasteiger partial charge in [-0.25, -0.2) is 4.79 Å². The highest BCUT2D eigenvalue weighted by Gasteiger charge is 2.21. The third kappa shape index (κ3) is 42.3. The molecule has 0 spiro atoms. The minimum atomic E-state index is -1.15. The molecule has 16 nitrogen and oxygen atoms in total. The van der Waals surface area contributed by atoms with E-state index < -0.39 is 18.0 Å². The van der Waals surface area contributed by atoms with Crippen molar-refractivity contribution < 1.29 is 62.7 Å². The summed E-state index contributed by atoms with van der Waals surface area (Å²) in [5.74, 6) is -2.44. The predicted molar refractivity (Wildman–Crippen MR) is 241 cm³/mol. The molecule has 0 bridgehead atoms. The number of aliphatic carboxylic acids is 2. The average Bonchev–Trinajstić information content (AvgIpc) is 3.24. The van der Waals surface area contributed by atoms with Gasteiger partial charge in [0.15, 0.2) is 0 Å². The van der Waals surface area contributed by atoms with E-state index in [1.807, 2.05) is 6.92 Å². The van der Waals surface area contributed by atoms with Crippen LogP contribution in [-0.2, 0) is 52.5 Å². The van der Waals surface area contributed by atoms with Crippen LogP contribution >= 0.6 is 0 Å². The van der Waals surface area contributed by atoms with Crippen molar-refractivity contribution in [2.75, 3.05) is 65.9 Å². The van der Waals surface area contributed by atoms with Gasteiger partial charge >= 0.3 is 11.9 Å². The molecule has 1 unspecified atom stereocenters. The van der Waals surface area contributed by atoms with Gasteiger partial charge in [-0.2, -0.15) is 0 Å². The van der Waals surface area contributed by atoms with Crippen LogP contribution in [0, 0.1) is 5.92 Å². The topological polar surface area (TPSA) is 233 Å². The number of ether oxygens (including phenoxy) is 4. The Labute approximate surface area is 377 Å². The molecule has 0 aliphatic heterocycles. The number of carbonyl (C=O) groups excluding carboxylic acids is 5. The molecule has 0 heterocycles. The molecule has 0 aromatic heterocycles. The van der Waals surface area contributed by atoms with Gasteiger partial charge in [0.05, 0.1) is 33.0 Å². The van der Waals surface area contributed by atoms with E-state index in [1.54, 1.807) is 6.92 Å².